The number of carbonyl (C=O) groups excluding carboxylic acids is 2. The van der Waals surface area contributed by atoms with Crippen molar-refractivity contribution in [3.8, 4) is 5.75 Å². The van der Waals surface area contributed by atoms with Gasteiger partial charge in [0.1, 0.15) is 5.75 Å². The Labute approximate surface area is 121 Å². The summed E-state index contributed by atoms with van der Waals surface area (Å²) < 4.78 is 9.83. The third-order valence-electron chi connectivity index (χ3n) is 2.46. The number of nitrogens with one attached hydrogen (secondary N) is 1. The van der Waals surface area contributed by atoms with Crippen molar-refractivity contribution in [2.75, 3.05) is 13.7 Å². The summed E-state index contributed by atoms with van der Waals surface area (Å²) >= 11 is 5.80. The lowest BCUT2D eigenvalue weighted by Crippen LogP contribution is -2.48. The standard InChI is InChI=1S/C13H16ClNO5/c1-8(20-10-5-3-4-9(14)6-10)12(17)15-11(7-16)13(18)19-2/h3-6,8,11,16H,7H2,1-2H3,(H,15,17). The molecule has 2 N–H and O–H groups in total. The van der Waals surface area contributed by atoms with Crippen molar-refractivity contribution in [3.63, 3.8) is 0 Å². The number of methoxy groups -OCH3 is 1. The van der Waals surface area contributed by atoms with Gasteiger partial charge in [0.15, 0.2) is 12.1 Å². The molecule has 110 valence electrons. The highest BCUT2D eigenvalue weighted by Crippen LogP contribution is 2.18. The number of ether oxygens (including phenoxy) is 2. The maximum absolute atomic E-state index is 11.8. The average molecular weight is 302 g/mol. The summed E-state index contributed by atoms with van der Waals surface area (Å²) in [4.78, 5) is 23.1. The highest BCUT2D eigenvalue weighted by atomic mass is 35.5. The fourth-order valence-electron chi connectivity index (χ4n) is 1.41. The Balaban J connectivity index is 2.60. The van der Waals surface area contributed by atoms with Crippen molar-refractivity contribution in [3.05, 3.63) is 29.3 Å². The number of rotatable bonds is 6. The summed E-state index contributed by atoms with van der Waals surface area (Å²) in [6.45, 7) is 0.963. The number of hydrogen-bond donors (Lipinski definition) is 2. The molecule has 2 unspecified atom stereocenters. The zero-order valence-corrected chi connectivity index (χ0v) is 11.9. The first-order chi connectivity index (χ1) is 9.47. The molecule has 0 aliphatic heterocycles. The largest absolute Gasteiger partial charge is 0.481 e. The summed E-state index contributed by atoms with van der Waals surface area (Å²) in [5.74, 6) is -0.844. The van der Waals surface area contributed by atoms with E-state index >= 15 is 0 Å². The lowest BCUT2D eigenvalue weighted by atomic mass is 10.2. The van der Waals surface area contributed by atoms with Crippen LogP contribution in [0.4, 0.5) is 0 Å². The van der Waals surface area contributed by atoms with Gasteiger partial charge in [-0.25, -0.2) is 4.79 Å². The number of halogens is 1. The van der Waals surface area contributed by atoms with Crippen molar-refractivity contribution < 1.29 is 24.2 Å². The van der Waals surface area contributed by atoms with Gasteiger partial charge in [0, 0.05) is 5.02 Å². The second kappa shape index (κ2) is 7.72. The molecule has 0 fully saturated rings. The lowest BCUT2D eigenvalue weighted by molar-refractivity contribution is -0.147. The molecule has 0 radical (unpaired) electrons. The van der Waals surface area contributed by atoms with Gasteiger partial charge in [0.2, 0.25) is 0 Å². The second-order valence-electron chi connectivity index (χ2n) is 3.98. The van der Waals surface area contributed by atoms with E-state index in [2.05, 4.69) is 10.1 Å². The van der Waals surface area contributed by atoms with Crippen LogP contribution in [0.1, 0.15) is 6.92 Å². The summed E-state index contributed by atoms with van der Waals surface area (Å²) in [5, 5.41) is 11.8. The van der Waals surface area contributed by atoms with E-state index in [-0.39, 0.29) is 0 Å². The molecule has 0 saturated heterocycles. The third kappa shape index (κ3) is 4.71. The maximum atomic E-state index is 11.8. The van der Waals surface area contributed by atoms with E-state index in [1.165, 1.54) is 14.0 Å². The first-order valence-corrected chi connectivity index (χ1v) is 6.27. The zero-order chi connectivity index (χ0) is 15.1. The number of aliphatic hydroxyl groups excluding tert-OH is 1. The van der Waals surface area contributed by atoms with Crippen LogP contribution in [0.5, 0.6) is 5.75 Å². The van der Waals surface area contributed by atoms with E-state index in [9.17, 15) is 9.59 Å². The first-order valence-electron chi connectivity index (χ1n) is 5.89. The van der Waals surface area contributed by atoms with Gasteiger partial charge in [0.25, 0.3) is 5.91 Å². The summed E-state index contributed by atoms with van der Waals surface area (Å²) in [6.07, 6.45) is -0.854. The Morgan fingerprint density at radius 3 is 2.70 bits per heavy atom. The van der Waals surface area contributed by atoms with Crippen LogP contribution in [0.15, 0.2) is 24.3 Å². The molecule has 0 bridgehead atoms. The summed E-state index contributed by atoms with van der Waals surface area (Å²) in [7, 11) is 1.17. The Bertz CT molecular complexity index is 480. The molecule has 0 aromatic heterocycles. The van der Waals surface area contributed by atoms with E-state index < -0.39 is 30.6 Å². The predicted molar refractivity (Wildman–Crippen MR) is 72.6 cm³/mol. The molecule has 0 aliphatic rings. The number of aliphatic hydroxyl groups is 1. The van der Waals surface area contributed by atoms with E-state index in [4.69, 9.17) is 21.4 Å². The molecule has 2 atom stereocenters. The molecule has 0 spiro atoms. The number of amides is 1. The van der Waals surface area contributed by atoms with Crippen molar-refractivity contribution in [1.82, 2.24) is 5.32 Å². The minimum atomic E-state index is -1.11. The molecule has 0 aliphatic carbocycles. The number of carbonyl (C=O) groups is 2. The Kier molecular flexibility index (Phi) is 6.27. The van der Waals surface area contributed by atoms with Gasteiger partial charge < -0.3 is 19.9 Å². The molecule has 1 aromatic rings. The van der Waals surface area contributed by atoms with Gasteiger partial charge in [-0.15, -0.1) is 0 Å². The normalized spacial score (nSPS) is 13.2. The quantitative estimate of drug-likeness (QED) is 0.758. The average Bonchev–Trinajstić information content (AvgIpc) is 2.43. The molecule has 1 aromatic carbocycles. The molecular formula is C13H16ClNO5. The van der Waals surface area contributed by atoms with Gasteiger partial charge in [-0.3, -0.25) is 4.79 Å². The van der Waals surface area contributed by atoms with Gasteiger partial charge in [-0.1, -0.05) is 17.7 Å². The Hall–Kier alpha value is -1.79. The monoisotopic (exact) mass is 301 g/mol. The fraction of sp³-hybridized carbons (Fsp3) is 0.385. The van der Waals surface area contributed by atoms with E-state index in [0.717, 1.165) is 0 Å². The first kappa shape index (κ1) is 16.3. The molecule has 0 heterocycles. The van der Waals surface area contributed by atoms with E-state index in [0.29, 0.717) is 10.8 Å². The van der Waals surface area contributed by atoms with Crippen molar-refractivity contribution >= 4 is 23.5 Å². The maximum Gasteiger partial charge on any atom is 0.330 e. The summed E-state index contributed by atoms with van der Waals surface area (Å²) in [6, 6.07) is 5.47. The third-order valence-corrected chi connectivity index (χ3v) is 2.70. The number of esters is 1. The number of benzene rings is 1. The van der Waals surface area contributed by atoms with E-state index in [1.807, 2.05) is 0 Å². The van der Waals surface area contributed by atoms with Crippen molar-refractivity contribution in [2.24, 2.45) is 0 Å². The topological polar surface area (TPSA) is 84.9 Å². The van der Waals surface area contributed by atoms with Crippen LogP contribution in [0.25, 0.3) is 0 Å². The fourth-order valence-corrected chi connectivity index (χ4v) is 1.59. The van der Waals surface area contributed by atoms with Gasteiger partial charge >= 0.3 is 5.97 Å². The zero-order valence-electron chi connectivity index (χ0n) is 11.1. The van der Waals surface area contributed by atoms with Gasteiger partial charge in [-0.05, 0) is 25.1 Å². The van der Waals surface area contributed by atoms with Crippen molar-refractivity contribution in [2.45, 2.75) is 19.1 Å². The van der Waals surface area contributed by atoms with Gasteiger partial charge in [-0.2, -0.15) is 0 Å². The highest BCUT2D eigenvalue weighted by Gasteiger charge is 2.24. The van der Waals surface area contributed by atoms with Crippen LogP contribution in [0, 0.1) is 0 Å². The molecule has 20 heavy (non-hydrogen) atoms. The number of hydrogen-bond acceptors (Lipinski definition) is 5. The van der Waals surface area contributed by atoms with E-state index in [1.54, 1.807) is 24.3 Å². The smallest absolute Gasteiger partial charge is 0.330 e. The van der Waals surface area contributed by atoms with Crippen LogP contribution in [-0.4, -0.2) is 42.8 Å². The SMILES string of the molecule is COC(=O)C(CO)NC(=O)C(C)Oc1cccc(Cl)c1. The van der Waals surface area contributed by atoms with Gasteiger partial charge in [0.05, 0.1) is 13.7 Å². The Morgan fingerprint density at radius 1 is 1.45 bits per heavy atom. The van der Waals surface area contributed by atoms with Crippen LogP contribution < -0.4 is 10.1 Å². The summed E-state index contributed by atoms with van der Waals surface area (Å²) in [5.41, 5.74) is 0. The van der Waals surface area contributed by atoms with Crippen molar-refractivity contribution in [1.29, 1.82) is 0 Å². The Morgan fingerprint density at radius 2 is 2.15 bits per heavy atom. The molecule has 7 heteroatoms. The van der Waals surface area contributed by atoms with Crippen LogP contribution >= 0.6 is 11.6 Å². The molecule has 6 nitrogen and oxygen atoms in total. The highest BCUT2D eigenvalue weighted by molar-refractivity contribution is 6.30. The minimum Gasteiger partial charge on any atom is -0.481 e. The second-order valence-corrected chi connectivity index (χ2v) is 4.42. The molecule has 1 rings (SSSR count). The lowest BCUT2D eigenvalue weighted by Gasteiger charge is -2.18. The minimum absolute atomic E-state index is 0.429. The predicted octanol–water partition coefficient (Wildman–Crippen LogP) is 0.757. The van der Waals surface area contributed by atoms with Crippen LogP contribution in [0.2, 0.25) is 5.02 Å². The van der Waals surface area contributed by atoms with Crippen LogP contribution in [0.3, 0.4) is 0 Å². The molecule has 1 amide bonds. The molecular weight excluding hydrogens is 286 g/mol. The molecule has 0 saturated carbocycles. The van der Waals surface area contributed by atoms with Crippen LogP contribution in [-0.2, 0) is 14.3 Å².